The van der Waals surface area contributed by atoms with Crippen LogP contribution in [0.4, 0.5) is 0 Å². The van der Waals surface area contributed by atoms with E-state index < -0.39 is 11.9 Å². The summed E-state index contributed by atoms with van der Waals surface area (Å²) in [5.41, 5.74) is 3.16. The van der Waals surface area contributed by atoms with Crippen molar-refractivity contribution < 1.29 is 133 Å². The molecule has 113 heavy (non-hydrogen) atoms. The van der Waals surface area contributed by atoms with Crippen LogP contribution >= 0.6 is 0 Å². The summed E-state index contributed by atoms with van der Waals surface area (Å²) in [6.07, 6.45) is 43.3. The quantitative estimate of drug-likeness (QED) is 0.0733. The van der Waals surface area contributed by atoms with Gasteiger partial charge in [0.2, 0.25) is 13.6 Å². The monoisotopic (exact) mass is 1760 g/mol. The molecule has 5 aliphatic rings. The predicted octanol–water partition coefficient (Wildman–Crippen LogP) is 27.2. The molecule has 0 bridgehead atoms. The van der Waals surface area contributed by atoms with Crippen molar-refractivity contribution in [2.75, 3.05) is 60.8 Å². The number of hydrogen-bond donors (Lipinski definition) is 4. The van der Waals surface area contributed by atoms with Crippen molar-refractivity contribution in [2.24, 2.45) is 47.3 Å². The minimum Gasteiger partial charge on any atom is -0.428 e. The fourth-order valence-electron chi connectivity index (χ4n) is 10.9. The van der Waals surface area contributed by atoms with E-state index in [9.17, 15) is 19.2 Å². The average molecular weight is 1760 g/mol. The van der Waals surface area contributed by atoms with Crippen LogP contribution < -0.4 is 0 Å². The molecule has 16 heteroatoms. The number of aliphatic hydroxyl groups excluding tert-OH is 4. The van der Waals surface area contributed by atoms with E-state index in [0.29, 0.717) is 30.4 Å². The van der Waals surface area contributed by atoms with Crippen molar-refractivity contribution in [3.63, 3.8) is 0 Å². The number of benzene rings is 3. The first kappa shape index (κ1) is 137. The van der Waals surface area contributed by atoms with E-state index in [4.69, 9.17) is 29.9 Å². The van der Waals surface area contributed by atoms with Crippen LogP contribution in [0.3, 0.4) is 0 Å². The first-order valence-corrected chi connectivity index (χ1v) is 44.4. The molecule has 1 atom stereocenters. The van der Waals surface area contributed by atoms with Crippen molar-refractivity contribution >= 4 is 23.9 Å². The smallest absolute Gasteiger partial charge is 0.340 e. The molecule has 5 fully saturated rings. The molecule has 0 amide bonds. The summed E-state index contributed by atoms with van der Waals surface area (Å²) in [6.45, 7) is 55.6. The number of hydrogen-bond acceptors (Lipinski definition) is 14. The second-order valence-corrected chi connectivity index (χ2v) is 28.6. The van der Waals surface area contributed by atoms with Gasteiger partial charge in [-0.3, -0.25) is 14.4 Å². The Hall–Kier alpha value is -2.49. The van der Waals surface area contributed by atoms with Gasteiger partial charge in [-0.05, 0) is 126 Å². The standard InChI is InChI=1S/C15H28.C10H10O4.C8H18O.C8H16.C8H10.C7H12O4.2C7H14.C7H8.C4H10O.2C3H8.2C2H6O.2C2H6.2CH4O.2Y/c1-12-3-7-14(8-4-12)11-15-9-5-13(2)6-10-15;1-8(11)13-7-14-10(12)9-5-3-2-4-6-9;1-5-8(4)9-6-7(2)3;2*1-2-8-6-4-3-5-7-8;1-3-6(8)10-5-11-7(9)4-2;3*1-7-5-3-2-4-6-7;1-3-5-4-2;2*1-3-2;2*1-2-3;4*1-2;;/h12-15H,3-11H2,1-2H3;2-6H,7H2,1H3;7-8H,5-6H2,1-4H3;8H,2-7H2,1H3;3-7H,2H2,1H3;3-5H2,1-2H3;2*7H,2-6H2,1H3;2-6H,1H3;3-4H2,1-2H3;2*3H2,1-2H3;2*3H,2H2,1H3;2*1-2H3;2*2H,1H3;;. The van der Waals surface area contributed by atoms with E-state index in [1.807, 2.05) is 65.8 Å². The number of aryl methyl sites for hydroxylation is 2. The molecule has 0 aromatic heterocycles. The van der Waals surface area contributed by atoms with Crippen molar-refractivity contribution in [3.8, 4) is 0 Å². The van der Waals surface area contributed by atoms with Crippen LogP contribution in [0.2, 0.25) is 0 Å². The van der Waals surface area contributed by atoms with Crippen molar-refractivity contribution in [1.29, 1.82) is 0 Å². The summed E-state index contributed by atoms with van der Waals surface area (Å²) in [5.74, 6) is 6.34. The van der Waals surface area contributed by atoms with Gasteiger partial charge in [0.05, 0.1) is 11.7 Å². The first-order chi connectivity index (χ1) is 53.4. The third-order valence-corrected chi connectivity index (χ3v) is 17.4. The molecular formula is C97H188O14Y2. The second-order valence-electron chi connectivity index (χ2n) is 28.6. The van der Waals surface area contributed by atoms with Crippen LogP contribution in [-0.2, 0) is 115 Å². The zero-order valence-corrected chi connectivity index (χ0v) is 84.9. The van der Waals surface area contributed by atoms with Crippen LogP contribution in [0.15, 0.2) is 91.0 Å². The Morgan fingerprint density at radius 2 is 0.735 bits per heavy atom. The minimum atomic E-state index is -0.508. The Morgan fingerprint density at radius 1 is 0.425 bits per heavy atom. The first-order valence-electron chi connectivity index (χ1n) is 44.4. The molecule has 4 N–H and O–H groups in total. The third kappa shape index (κ3) is 120. The Bertz CT molecular complexity index is 2070. The number of aliphatic hydroxyl groups is 4. The van der Waals surface area contributed by atoms with E-state index in [1.165, 1.54) is 185 Å². The fourth-order valence-corrected chi connectivity index (χ4v) is 10.9. The number of carbonyl (C=O) groups is 4. The van der Waals surface area contributed by atoms with Crippen molar-refractivity contribution in [1.82, 2.24) is 0 Å². The maximum absolute atomic E-state index is 11.2. The van der Waals surface area contributed by atoms with Crippen molar-refractivity contribution in [2.45, 2.75) is 385 Å². The van der Waals surface area contributed by atoms with E-state index in [0.717, 1.165) is 88.3 Å². The van der Waals surface area contributed by atoms with Crippen LogP contribution in [0.25, 0.3) is 0 Å². The Morgan fingerprint density at radius 3 is 0.965 bits per heavy atom. The summed E-state index contributed by atoms with van der Waals surface area (Å²) >= 11 is 0. The maximum Gasteiger partial charge on any atom is 0.340 e. The summed E-state index contributed by atoms with van der Waals surface area (Å²) in [5, 5.41) is 29.1. The normalized spacial score (nSPS) is 16.0. The molecule has 8 rings (SSSR count). The van der Waals surface area contributed by atoms with Crippen molar-refractivity contribution in [3.05, 3.63) is 108 Å². The zero-order valence-electron chi connectivity index (χ0n) is 79.3. The third-order valence-electron chi connectivity index (χ3n) is 17.4. The van der Waals surface area contributed by atoms with E-state index in [2.05, 4.69) is 159 Å². The molecular weight excluding hydrogens is 1570 g/mol. The van der Waals surface area contributed by atoms with E-state index in [-0.39, 0.29) is 104 Å². The van der Waals surface area contributed by atoms with Crippen LogP contribution in [-0.4, -0.2) is 111 Å². The maximum atomic E-state index is 11.2. The number of esters is 4. The summed E-state index contributed by atoms with van der Waals surface area (Å²) < 4.78 is 28.4. The molecule has 5 saturated carbocycles. The van der Waals surface area contributed by atoms with Crippen LogP contribution in [0, 0.1) is 54.3 Å². The molecule has 666 valence electrons. The number of rotatable bonds is 17. The predicted molar refractivity (Wildman–Crippen MR) is 480 cm³/mol. The van der Waals surface area contributed by atoms with Crippen LogP contribution in [0.5, 0.6) is 0 Å². The summed E-state index contributed by atoms with van der Waals surface area (Å²) in [6, 6.07) is 29.2. The largest absolute Gasteiger partial charge is 0.428 e. The topological polar surface area (TPSA) is 205 Å². The summed E-state index contributed by atoms with van der Waals surface area (Å²) in [7, 11) is 2.00. The van der Waals surface area contributed by atoms with E-state index >= 15 is 0 Å². The Balaban J connectivity index is -0.0000000986. The number of ether oxygens (including phenoxy) is 6. The molecule has 14 nitrogen and oxygen atoms in total. The molecule has 5 aliphatic carbocycles. The van der Waals surface area contributed by atoms with Crippen LogP contribution in [0.1, 0.15) is 387 Å². The van der Waals surface area contributed by atoms with Gasteiger partial charge in [-0.25, -0.2) is 4.79 Å². The van der Waals surface area contributed by atoms with Gasteiger partial charge in [0.15, 0.2) is 0 Å². The summed E-state index contributed by atoms with van der Waals surface area (Å²) in [4.78, 5) is 42.5. The SMILES string of the molecule is CC.CC.CC(=O)OCOC(=O)c1ccccc1.CC1CCC(CC2CCC(C)CC2)CC1.CC1CCCCC1.CC1CCCCC1.CCC.CCC.CCC(=O)OCOC(=O)CC.CCC(C)OCC(C)C.CCC1CCCCC1.CCO.CCO.CCOCC.CCc1ccccc1.CO.CO.Cc1ccccc1.[Y].[Y]. The molecule has 1 unspecified atom stereocenters. The molecule has 0 aliphatic heterocycles. The Kier molecular flexibility index (Phi) is 143. The zero-order chi connectivity index (χ0) is 87.0. The molecule has 2 radical (unpaired) electrons. The molecule has 3 aromatic carbocycles. The van der Waals surface area contributed by atoms with Gasteiger partial charge in [0, 0.05) is 132 Å². The molecule has 0 saturated heterocycles. The van der Waals surface area contributed by atoms with Gasteiger partial charge in [0.1, 0.15) is 0 Å². The van der Waals surface area contributed by atoms with Gasteiger partial charge < -0.3 is 48.8 Å². The van der Waals surface area contributed by atoms with Gasteiger partial charge in [-0.15, -0.1) is 0 Å². The van der Waals surface area contributed by atoms with E-state index in [1.54, 1.807) is 64.4 Å². The van der Waals surface area contributed by atoms with Gasteiger partial charge in [-0.1, -0.05) is 383 Å². The second kappa shape index (κ2) is 118. The molecule has 0 heterocycles. The number of carbonyl (C=O) groups excluding carboxylic acids is 4. The van der Waals surface area contributed by atoms with Gasteiger partial charge in [0.25, 0.3) is 0 Å². The molecule has 0 spiro atoms. The van der Waals surface area contributed by atoms with Gasteiger partial charge in [-0.2, -0.15) is 0 Å². The molecule has 3 aromatic rings. The average Bonchev–Trinajstić information content (AvgIpc) is 0.889. The van der Waals surface area contributed by atoms with Gasteiger partial charge >= 0.3 is 23.9 Å². The Labute approximate surface area is 752 Å². The minimum absolute atomic E-state index is 0. The fraction of sp³-hybridized carbons (Fsp3) is 0.773.